The van der Waals surface area contributed by atoms with Crippen LogP contribution in [-0.4, -0.2) is 11.1 Å². The zero-order valence-corrected chi connectivity index (χ0v) is 11.2. The Morgan fingerprint density at radius 2 is 2.14 bits per heavy atom. The Kier molecular flexibility index (Phi) is 4.82. The number of alkyl halides is 1. The van der Waals surface area contributed by atoms with Crippen LogP contribution in [0.1, 0.15) is 18.1 Å². The Bertz CT molecular complexity index is 334. The number of carbonyl (C=O) groups excluding carboxylic acids is 1. The molecule has 0 fully saturated rings. The summed E-state index contributed by atoms with van der Waals surface area (Å²) in [6.45, 7) is 2.10. The van der Waals surface area contributed by atoms with Gasteiger partial charge in [0.25, 0.3) is 0 Å². The number of carbonyl (C=O) groups is 1. The molecule has 0 aromatic heterocycles. The minimum absolute atomic E-state index is 0.220. The van der Waals surface area contributed by atoms with Crippen molar-refractivity contribution in [1.29, 1.82) is 0 Å². The smallest absolute Gasteiger partial charge is 0.147 e. The molecule has 0 bridgehead atoms. The maximum atomic E-state index is 11.3. The van der Waals surface area contributed by atoms with Crippen molar-refractivity contribution >= 4 is 37.6 Å². The molecule has 0 saturated carbocycles. The number of Topliss-reactive ketones (excluding diaryl/α,β-unsaturated/α-hetero) is 1. The van der Waals surface area contributed by atoms with E-state index in [2.05, 4.69) is 38.8 Å². The summed E-state index contributed by atoms with van der Waals surface area (Å²) in [7, 11) is 0. The number of halogens is 2. The summed E-state index contributed by atoms with van der Waals surface area (Å²) in [6.07, 6.45) is 1.47. The predicted octanol–water partition coefficient (Wildman–Crippen LogP) is 3.52. The average Bonchev–Trinajstić information content (AvgIpc) is 2.18. The van der Waals surface area contributed by atoms with Crippen LogP contribution in [0.25, 0.3) is 0 Å². The monoisotopic (exact) mass is 318 g/mol. The molecule has 14 heavy (non-hydrogen) atoms. The lowest BCUT2D eigenvalue weighted by atomic mass is 10.0. The Labute approximate surface area is 101 Å². The van der Waals surface area contributed by atoms with E-state index in [0.717, 1.165) is 16.5 Å². The molecule has 1 nitrogen and oxygen atoms in total. The highest BCUT2D eigenvalue weighted by atomic mass is 79.9. The van der Waals surface area contributed by atoms with Crippen molar-refractivity contribution in [2.75, 3.05) is 5.33 Å². The Morgan fingerprint density at radius 3 is 2.71 bits per heavy atom. The minimum atomic E-state index is 0.220. The van der Waals surface area contributed by atoms with Gasteiger partial charge in [-0.2, -0.15) is 0 Å². The number of rotatable bonds is 4. The number of hydrogen-bond acceptors (Lipinski definition) is 1. The summed E-state index contributed by atoms with van der Waals surface area (Å²) in [4.78, 5) is 11.3. The van der Waals surface area contributed by atoms with Gasteiger partial charge in [-0.3, -0.25) is 4.79 Å². The van der Waals surface area contributed by atoms with Gasteiger partial charge < -0.3 is 0 Å². The van der Waals surface area contributed by atoms with Gasteiger partial charge in [0, 0.05) is 10.9 Å². The van der Waals surface area contributed by atoms with Crippen molar-refractivity contribution in [3.05, 3.63) is 33.8 Å². The fourth-order valence-corrected chi connectivity index (χ4v) is 2.31. The Balaban J connectivity index is 2.96. The molecule has 0 radical (unpaired) electrons. The van der Waals surface area contributed by atoms with E-state index in [1.165, 1.54) is 5.56 Å². The molecule has 1 aromatic rings. The summed E-state index contributed by atoms with van der Waals surface area (Å²) in [6, 6.07) is 6.01. The van der Waals surface area contributed by atoms with Crippen LogP contribution in [0, 0.1) is 0 Å². The highest BCUT2D eigenvalue weighted by molar-refractivity contribution is 9.10. The van der Waals surface area contributed by atoms with Gasteiger partial charge in [-0.05, 0) is 23.6 Å². The van der Waals surface area contributed by atoms with Crippen LogP contribution in [0.2, 0.25) is 0 Å². The second kappa shape index (κ2) is 5.66. The lowest BCUT2D eigenvalue weighted by Gasteiger charge is -2.08. The Morgan fingerprint density at radius 1 is 1.43 bits per heavy atom. The van der Waals surface area contributed by atoms with Gasteiger partial charge in [-0.15, -0.1) is 0 Å². The highest BCUT2D eigenvalue weighted by Crippen LogP contribution is 2.21. The van der Waals surface area contributed by atoms with Gasteiger partial charge in [-0.25, -0.2) is 0 Å². The molecule has 0 N–H and O–H groups in total. The molecule has 0 aliphatic heterocycles. The topological polar surface area (TPSA) is 17.1 Å². The molecule has 1 rings (SSSR count). The first-order valence-electron chi connectivity index (χ1n) is 4.53. The van der Waals surface area contributed by atoms with Gasteiger partial charge in [0.15, 0.2) is 0 Å². The number of benzene rings is 1. The largest absolute Gasteiger partial charge is 0.298 e. The molecule has 3 heteroatoms. The zero-order valence-electron chi connectivity index (χ0n) is 8.02. The van der Waals surface area contributed by atoms with Gasteiger partial charge in [-0.1, -0.05) is 50.9 Å². The Hall–Kier alpha value is -0.150. The number of hydrogen-bond donors (Lipinski definition) is 0. The molecular formula is C11H12Br2O. The fourth-order valence-electron chi connectivity index (χ4n) is 1.42. The van der Waals surface area contributed by atoms with E-state index in [-0.39, 0.29) is 5.78 Å². The summed E-state index contributed by atoms with van der Waals surface area (Å²) in [5.41, 5.74) is 2.37. The van der Waals surface area contributed by atoms with Gasteiger partial charge in [0.1, 0.15) is 5.78 Å². The van der Waals surface area contributed by atoms with Crippen LogP contribution in [0.4, 0.5) is 0 Å². The van der Waals surface area contributed by atoms with E-state index in [1.54, 1.807) is 0 Å². The lowest BCUT2D eigenvalue weighted by Crippen LogP contribution is -2.06. The minimum Gasteiger partial charge on any atom is -0.298 e. The van der Waals surface area contributed by atoms with Crippen LogP contribution < -0.4 is 0 Å². The summed E-state index contributed by atoms with van der Waals surface area (Å²) in [5.74, 6) is 0.220. The molecule has 0 saturated heterocycles. The first kappa shape index (κ1) is 11.9. The molecule has 1 aromatic carbocycles. The van der Waals surface area contributed by atoms with Gasteiger partial charge >= 0.3 is 0 Å². The van der Waals surface area contributed by atoms with Crippen molar-refractivity contribution in [3.8, 4) is 0 Å². The van der Waals surface area contributed by atoms with E-state index >= 15 is 0 Å². The van der Waals surface area contributed by atoms with Crippen molar-refractivity contribution in [1.82, 2.24) is 0 Å². The second-order valence-electron chi connectivity index (χ2n) is 3.08. The van der Waals surface area contributed by atoms with E-state index in [4.69, 9.17) is 0 Å². The maximum Gasteiger partial charge on any atom is 0.147 e. The third-order valence-corrected chi connectivity index (χ3v) is 3.47. The van der Waals surface area contributed by atoms with Crippen molar-refractivity contribution in [3.63, 3.8) is 0 Å². The zero-order chi connectivity index (χ0) is 10.6. The van der Waals surface area contributed by atoms with Crippen LogP contribution in [0.15, 0.2) is 22.7 Å². The van der Waals surface area contributed by atoms with Crippen LogP contribution >= 0.6 is 31.9 Å². The maximum absolute atomic E-state index is 11.3. The SMILES string of the molecule is CCc1c(Br)cccc1CC(=O)CBr. The van der Waals surface area contributed by atoms with Crippen molar-refractivity contribution in [2.24, 2.45) is 0 Å². The standard InChI is InChI=1S/C11H12Br2O/c1-2-10-8(6-9(14)7-12)4-3-5-11(10)13/h3-5H,2,6-7H2,1H3. The third kappa shape index (κ3) is 2.92. The predicted molar refractivity (Wildman–Crippen MR) is 66.0 cm³/mol. The molecule has 0 spiro atoms. The van der Waals surface area contributed by atoms with Crippen LogP contribution in [0.3, 0.4) is 0 Å². The van der Waals surface area contributed by atoms with Crippen LogP contribution in [0.5, 0.6) is 0 Å². The van der Waals surface area contributed by atoms with E-state index < -0.39 is 0 Å². The molecule has 0 aliphatic rings. The molecule has 0 amide bonds. The quantitative estimate of drug-likeness (QED) is 0.776. The molecule has 0 heterocycles. The molecule has 0 aliphatic carbocycles. The van der Waals surface area contributed by atoms with E-state index in [9.17, 15) is 4.79 Å². The highest BCUT2D eigenvalue weighted by Gasteiger charge is 2.08. The summed E-state index contributed by atoms with van der Waals surface area (Å²) in [5, 5.41) is 0.433. The second-order valence-corrected chi connectivity index (χ2v) is 4.50. The fraction of sp³-hybridized carbons (Fsp3) is 0.364. The first-order valence-corrected chi connectivity index (χ1v) is 6.44. The first-order chi connectivity index (χ1) is 6.69. The van der Waals surface area contributed by atoms with Gasteiger partial charge in [0.05, 0.1) is 5.33 Å². The molecule has 0 atom stereocenters. The average molecular weight is 320 g/mol. The molecule has 76 valence electrons. The van der Waals surface area contributed by atoms with E-state index in [1.807, 2.05) is 18.2 Å². The third-order valence-electron chi connectivity index (χ3n) is 2.11. The van der Waals surface area contributed by atoms with Crippen molar-refractivity contribution in [2.45, 2.75) is 19.8 Å². The van der Waals surface area contributed by atoms with E-state index in [0.29, 0.717) is 11.8 Å². The van der Waals surface area contributed by atoms with Crippen molar-refractivity contribution < 1.29 is 4.79 Å². The summed E-state index contributed by atoms with van der Waals surface area (Å²) < 4.78 is 1.10. The molecule has 0 unspecified atom stereocenters. The van der Waals surface area contributed by atoms with Gasteiger partial charge in [0.2, 0.25) is 0 Å². The summed E-state index contributed by atoms with van der Waals surface area (Å²) >= 11 is 6.67. The molecular weight excluding hydrogens is 308 g/mol. The normalized spacial score (nSPS) is 10.2. The number of ketones is 1. The van der Waals surface area contributed by atoms with Crippen LogP contribution in [-0.2, 0) is 17.6 Å². The lowest BCUT2D eigenvalue weighted by molar-refractivity contribution is -0.115.